The highest BCUT2D eigenvalue weighted by Gasteiger charge is 2.01. The Bertz CT molecular complexity index is 751. The van der Waals surface area contributed by atoms with Gasteiger partial charge in [-0.2, -0.15) is 5.10 Å². The zero-order valence-electron chi connectivity index (χ0n) is 10.8. The van der Waals surface area contributed by atoms with Crippen LogP contribution in [0.25, 0.3) is 10.8 Å². The Hall–Kier alpha value is -2.32. The van der Waals surface area contributed by atoms with Crippen LogP contribution in [0.1, 0.15) is 5.56 Å². The number of anilines is 1. The number of fused-ring (bicyclic) bond motifs is 1. The maximum atomic E-state index is 6.24. The molecule has 0 atom stereocenters. The fourth-order valence-corrected chi connectivity index (χ4v) is 2.17. The quantitative estimate of drug-likeness (QED) is 0.538. The molecule has 20 heavy (non-hydrogen) atoms. The van der Waals surface area contributed by atoms with Gasteiger partial charge in [0.05, 0.1) is 5.69 Å². The minimum atomic E-state index is 0.444. The van der Waals surface area contributed by atoms with Crippen molar-refractivity contribution in [1.29, 1.82) is 0 Å². The Labute approximate surface area is 122 Å². The molecular weight excluding hydrogens is 268 g/mol. The van der Waals surface area contributed by atoms with Gasteiger partial charge in [-0.05, 0) is 29.0 Å². The number of nitrogens with one attached hydrogen (secondary N) is 1. The first-order chi connectivity index (χ1) is 9.83. The third kappa shape index (κ3) is 2.81. The number of halogens is 1. The molecule has 3 heteroatoms. The van der Waals surface area contributed by atoms with Gasteiger partial charge in [0.25, 0.3) is 0 Å². The van der Waals surface area contributed by atoms with Crippen LogP contribution in [0.5, 0.6) is 0 Å². The van der Waals surface area contributed by atoms with E-state index in [1.807, 2.05) is 60.7 Å². The summed E-state index contributed by atoms with van der Waals surface area (Å²) in [7, 11) is 0. The summed E-state index contributed by atoms with van der Waals surface area (Å²) in [5.74, 6) is 0. The number of para-hydroxylation sites is 1. The second-order valence-corrected chi connectivity index (χ2v) is 4.80. The lowest BCUT2D eigenvalue weighted by atomic mass is 10.1. The fourth-order valence-electron chi connectivity index (χ4n) is 2.01. The lowest BCUT2D eigenvalue weighted by molar-refractivity contribution is 1.34. The molecule has 3 aromatic rings. The second kappa shape index (κ2) is 5.76. The highest BCUT2D eigenvalue weighted by molar-refractivity contribution is 6.69. The Balaban J connectivity index is 1.86. The zero-order chi connectivity index (χ0) is 13.8. The largest absolute Gasteiger partial charge is 0.277 e. The van der Waals surface area contributed by atoms with Gasteiger partial charge in [-0.15, -0.1) is 0 Å². The molecule has 98 valence electrons. The van der Waals surface area contributed by atoms with Crippen LogP contribution in [-0.4, -0.2) is 5.17 Å². The van der Waals surface area contributed by atoms with E-state index in [0.29, 0.717) is 5.17 Å². The van der Waals surface area contributed by atoms with E-state index in [4.69, 9.17) is 11.6 Å². The van der Waals surface area contributed by atoms with Crippen LogP contribution in [0.15, 0.2) is 77.9 Å². The minimum Gasteiger partial charge on any atom is -0.277 e. The fraction of sp³-hybridized carbons (Fsp3) is 0. The van der Waals surface area contributed by atoms with Crippen LogP contribution in [0, 0.1) is 0 Å². The minimum absolute atomic E-state index is 0.444. The molecule has 0 fully saturated rings. The second-order valence-electron chi connectivity index (χ2n) is 4.44. The van der Waals surface area contributed by atoms with Gasteiger partial charge >= 0.3 is 0 Å². The average molecular weight is 281 g/mol. The van der Waals surface area contributed by atoms with E-state index < -0.39 is 0 Å². The van der Waals surface area contributed by atoms with Crippen molar-refractivity contribution < 1.29 is 0 Å². The van der Waals surface area contributed by atoms with Gasteiger partial charge in [-0.25, -0.2) is 0 Å². The Morgan fingerprint density at radius 3 is 2.30 bits per heavy atom. The molecular formula is C17H13ClN2. The van der Waals surface area contributed by atoms with Gasteiger partial charge < -0.3 is 0 Å². The first-order valence-corrected chi connectivity index (χ1v) is 6.74. The van der Waals surface area contributed by atoms with Crippen LogP contribution in [0.2, 0.25) is 0 Å². The average Bonchev–Trinajstić information content (AvgIpc) is 2.53. The van der Waals surface area contributed by atoms with Crippen molar-refractivity contribution in [2.75, 3.05) is 5.43 Å². The van der Waals surface area contributed by atoms with Gasteiger partial charge in [0.1, 0.15) is 0 Å². The van der Waals surface area contributed by atoms with Crippen molar-refractivity contribution in [3.05, 3.63) is 78.4 Å². The van der Waals surface area contributed by atoms with Gasteiger partial charge in [-0.1, -0.05) is 66.2 Å². The summed E-state index contributed by atoms with van der Waals surface area (Å²) in [6, 6.07) is 24.0. The van der Waals surface area contributed by atoms with E-state index in [9.17, 15) is 0 Å². The van der Waals surface area contributed by atoms with Crippen LogP contribution in [0.3, 0.4) is 0 Å². The summed E-state index contributed by atoms with van der Waals surface area (Å²) >= 11 is 6.24. The summed E-state index contributed by atoms with van der Waals surface area (Å²) in [4.78, 5) is 0. The van der Waals surface area contributed by atoms with Crippen molar-refractivity contribution in [3.63, 3.8) is 0 Å². The maximum absolute atomic E-state index is 6.24. The number of rotatable bonds is 3. The predicted octanol–water partition coefficient (Wildman–Crippen LogP) is 4.85. The van der Waals surface area contributed by atoms with Crippen molar-refractivity contribution >= 4 is 33.2 Å². The van der Waals surface area contributed by atoms with Gasteiger partial charge in [0.15, 0.2) is 5.17 Å². The molecule has 0 radical (unpaired) electrons. The maximum Gasteiger partial charge on any atom is 0.156 e. The van der Waals surface area contributed by atoms with Crippen molar-refractivity contribution in [2.24, 2.45) is 5.10 Å². The lowest BCUT2D eigenvalue weighted by Gasteiger charge is -2.03. The van der Waals surface area contributed by atoms with Gasteiger partial charge in [0, 0.05) is 5.56 Å². The molecule has 0 aliphatic rings. The first-order valence-electron chi connectivity index (χ1n) is 6.36. The summed E-state index contributed by atoms with van der Waals surface area (Å²) in [5.41, 5.74) is 4.75. The van der Waals surface area contributed by atoms with E-state index in [0.717, 1.165) is 16.6 Å². The molecule has 0 saturated heterocycles. The van der Waals surface area contributed by atoms with E-state index in [2.05, 4.69) is 22.7 Å². The molecule has 2 nitrogen and oxygen atoms in total. The Morgan fingerprint density at radius 2 is 1.50 bits per heavy atom. The predicted molar refractivity (Wildman–Crippen MR) is 86.4 cm³/mol. The monoisotopic (exact) mass is 280 g/mol. The number of nitrogens with zero attached hydrogens (tertiary/aromatic N) is 1. The van der Waals surface area contributed by atoms with Crippen LogP contribution < -0.4 is 5.43 Å². The van der Waals surface area contributed by atoms with Crippen molar-refractivity contribution in [3.8, 4) is 0 Å². The molecule has 0 aliphatic carbocycles. The molecule has 0 aromatic heterocycles. The summed E-state index contributed by atoms with van der Waals surface area (Å²) in [6.45, 7) is 0. The number of benzene rings is 3. The van der Waals surface area contributed by atoms with Crippen LogP contribution in [-0.2, 0) is 0 Å². The highest BCUT2D eigenvalue weighted by Crippen LogP contribution is 2.17. The molecule has 0 bridgehead atoms. The van der Waals surface area contributed by atoms with Crippen LogP contribution in [0.4, 0.5) is 5.69 Å². The molecule has 0 spiro atoms. The number of hydrogen-bond acceptors (Lipinski definition) is 2. The summed E-state index contributed by atoms with van der Waals surface area (Å²) in [5, 5.41) is 6.99. The Morgan fingerprint density at radius 1 is 0.800 bits per heavy atom. The molecule has 0 aliphatic heterocycles. The molecule has 0 amide bonds. The van der Waals surface area contributed by atoms with E-state index in [-0.39, 0.29) is 0 Å². The van der Waals surface area contributed by atoms with E-state index in [1.54, 1.807) is 0 Å². The zero-order valence-corrected chi connectivity index (χ0v) is 11.5. The molecule has 1 N–H and O–H groups in total. The molecule has 0 saturated carbocycles. The highest BCUT2D eigenvalue weighted by atomic mass is 35.5. The van der Waals surface area contributed by atoms with Gasteiger partial charge in [-0.3, -0.25) is 5.43 Å². The standard InChI is InChI=1S/C17H13ClN2/c18-17(20-19-16-8-2-1-3-9-16)15-11-10-13-6-4-5-7-14(13)12-15/h1-12,19H. The summed E-state index contributed by atoms with van der Waals surface area (Å²) in [6.07, 6.45) is 0. The van der Waals surface area contributed by atoms with Gasteiger partial charge in [0.2, 0.25) is 0 Å². The van der Waals surface area contributed by atoms with Crippen molar-refractivity contribution in [2.45, 2.75) is 0 Å². The molecule has 0 heterocycles. The van der Waals surface area contributed by atoms with E-state index >= 15 is 0 Å². The molecule has 3 rings (SSSR count). The van der Waals surface area contributed by atoms with Crippen LogP contribution >= 0.6 is 11.6 Å². The normalized spacial score (nSPS) is 11.6. The summed E-state index contributed by atoms with van der Waals surface area (Å²) < 4.78 is 0. The molecule has 3 aromatic carbocycles. The SMILES string of the molecule is ClC(=NNc1ccccc1)c1ccc2ccccc2c1. The van der Waals surface area contributed by atoms with E-state index in [1.165, 1.54) is 5.39 Å². The third-order valence-corrected chi connectivity index (χ3v) is 3.35. The van der Waals surface area contributed by atoms with Crippen molar-refractivity contribution in [1.82, 2.24) is 0 Å². The number of hydrazone groups is 1. The lowest BCUT2D eigenvalue weighted by Crippen LogP contribution is -1.97. The topological polar surface area (TPSA) is 24.4 Å². The Kier molecular flexibility index (Phi) is 3.66. The first kappa shape index (κ1) is 12.7. The number of hydrogen-bond donors (Lipinski definition) is 1. The molecule has 0 unspecified atom stereocenters. The third-order valence-electron chi connectivity index (χ3n) is 3.04. The smallest absolute Gasteiger partial charge is 0.156 e.